The van der Waals surface area contributed by atoms with E-state index in [0.29, 0.717) is 0 Å². The summed E-state index contributed by atoms with van der Waals surface area (Å²) in [7, 11) is 0.0243. The van der Waals surface area contributed by atoms with E-state index in [2.05, 4.69) is 26.2 Å². The van der Waals surface area contributed by atoms with Crippen LogP contribution in [0.4, 0.5) is 0 Å². The van der Waals surface area contributed by atoms with Crippen molar-refractivity contribution in [2.75, 3.05) is 0 Å². The van der Waals surface area contributed by atoms with Crippen LogP contribution in [-0.2, 0) is 0 Å². The van der Waals surface area contributed by atoms with Crippen LogP contribution < -0.4 is 0 Å². The van der Waals surface area contributed by atoms with Crippen LogP contribution in [0.5, 0.6) is 0 Å². The molecule has 0 aliphatic carbocycles. The largest absolute Gasteiger partial charge is 0.0698 e. The third-order valence-corrected chi connectivity index (χ3v) is 19.5. The van der Waals surface area contributed by atoms with Gasteiger partial charge in [-0.3, -0.25) is 0 Å². The molecule has 0 bridgehead atoms. The molecule has 0 nitrogen and oxygen atoms in total. The Morgan fingerprint density at radius 2 is 1.30 bits per heavy atom. The van der Waals surface area contributed by atoms with Crippen LogP contribution >= 0.6 is 0 Å². The maximum atomic E-state index is 2.58. The zero-order valence-electron chi connectivity index (χ0n) is 7.62. The molecule has 58 valence electrons. The molecule has 1 saturated heterocycles. The van der Waals surface area contributed by atoms with E-state index < -0.39 is 16.1 Å². The van der Waals surface area contributed by atoms with E-state index in [4.69, 9.17) is 0 Å². The zero-order chi connectivity index (χ0) is 7.83. The molecule has 0 atom stereocenters. The molecule has 1 rings (SSSR count). The Morgan fingerprint density at radius 1 is 0.900 bits per heavy atom. The topological polar surface area (TPSA) is 0 Å². The zero-order valence-corrected chi connectivity index (χ0v) is 10.6. The normalized spacial score (nSPS) is 30.0. The van der Waals surface area contributed by atoms with Gasteiger partial charge in [-0.05, 0) is 0 Å². The van der Waals surface area contributed by atoms with Gasteiger partial charge in [0.1, 0.15) is 0 Å². The van der Waals surface area contributed by atoms with Crippen molar-refractivity contribution in [3.8, 4) is 0 Å². The molecular weight excluding hydrogens is 168 g/mol. The summed E-state index contributed by atoms with van der Waals surface area (Å²) in [6, 6.07) is 0. The van der Waals surface area contributed by atoms with Gasteiger partial charge >= 0.3 is 0 Å². The van der Waals surface area contributed by atoms with E-state index in [1.165, 1.54) is 9.52 Å². The maximum Gasteiger partial charge on any atom is 0.0417 e. The fourth-order valence-corrected chi connectivity index (χ4v) is 22.8. The van der Waals surface area contributed by atoms with Gasteiger partial charge in [0.15, 0.2) is 0 Å². The molecule has 0 N–H and O–H groups in total. The van der Waals surface area contributed by atoms with Gasteiger partial charge in [0.2, 0.25) is 0 Å². The predicted octanol–water partition coefficient (Wildman–Crippen LogP) is 2.58. The highest BCUT2D eigenvalue weighted by Gasteiger charge is 2.35. The lowest BCUT2D eigenvalue weighted by molar-refractivity contribution is 1.42. The lowest BCUT2D eigenvalue weighted by atomic mass is 11.7. The summed E-state index contributed by atoms with van der Waals surface area (Å²) < 4.78 is 0. The Balaban J connectivity index is 2.56. The van der Waals surface area contributed by atoms with E-state index in [-0.39, 0.29) is 0 Å². The Morgan fingerprint density at radius 3 is 1.50 bits per heavy atom. The van der Waals surface area contributed by atoms with Gasteiger partial charge in [-0.15, -0.1) is 0 Å². The van der Waals surface area contributed by atoms with Crippen molar-refractivity contribution in [2.45, 2.75) is 43.2 Å². The Bertz CT molecular complexity index is 115. The van der Waals surface area contributed by atoms with Gasteiger partial charge in [0, 0.05) is 25.7 Å². The fraction of sp³-hybridized carbons (Fsp3) is 1.00. The van der Waals surface area contributed by atoms with E-state index in [9.17, 15) is 0 Å². The highest BCUT2D eigenvalue weighted by atomic mass is 28.4. The number of hydrogen-bond acceptors (Lipinski definition) is 0. The van der Waals surface area contributed by atoms with Crippen molar-refractivity contribution in [3.05, 3.63) is 0 Å². The molecule has 1 heterocycles. The summed E-state index contributed by atoms with van der Waals surface area (Å²) in [5.41, 5.74) is 4.94. The first kappa shape index (κ1) is 8.74. The standard InChI is InChI=1S/C7H18Si3/c1-9(2)5-8-6-10(3,4)7-9/h5-7H2,1-4H3. The van der Waals surface area contributed by atoms with E-state index in [1.54, 1.807) is 17.0 Å². The van der Waals surface area contributed by atoms with E-state index in [0.717, 1.165) is 0 Å². The molecular formula is C7H18Si3. The lowest BCUT2D eigenvalue weighted by Crippen LogP contribution is -2.46. The Hall–Kier alpha value is 0.651. The van der Waals surface area contributed by atoms with Crippen molar-refractivity contribution in [1.82, 2.24) is 0 Å². The van der Waals surface area contributed by atoms with E-state index >= 15 is 0 Å². The monoisotopic (exact) mass is 186 g/mol. The van der Waals surface area contributed by atoms with Crippen LogP contribution in [0.3, 0.4) is 0 Å². The van der Waals surface area contributed by atoms with Crippen molar-refractivity contribution < 1.29 is 0 Å². The molecule has 2 radical (unpaired) electrons. The minimum atomic E-state index is -0.652. The van der Waals surface area contributed by atoms with Gasteiger partial charge < -0.3 is 0 Å². The molecule has 0 saturated carbocycles. The summed E-state index contributed by atoms with van der Waals surface area (Å²) in [5.74, 6) is 0. The quantitative estimate of drug-likeness (QED) is 0.510. The van der Waals surface area contributed by atoms with Gasteiger partial charge in [-0.25, -0.2) is 0 Å². The molecule has 1 aliphatic rings. The summed E-state index contributed by atoms with van der Waals surface area (Å²) in [4.78, 5) is 0. The molecule has 10 heavy (non-hydrogen) atoms. The summed E-state index contributed by atoms with van der Waals surface area (Å²) >= 11 is 0. The molecule has 3 heteroatoms. The average Bonchev–Trinajstić information content (AvgIpc) is 1.56. The minimum Gasteiger partial charge on any atom is -0.0698 e. The second-order valence-electron chi connectivity index (χ2n) is 5.11. The van der Waals surface area contributed by atoms with Crippen LogP contribution in [0.15, 0.2) is 0 Å². The van der Waals surface area contributed by atoms with Gasteiger partial charge in [0.05, 0.1) is 0 Å². The second kappa shape index (κ2) is 2.60. The van der Waals surface area contributed by atoms with E-state index in [1.807, 2.05) is 0 Å². The lowest BCUT2D eigenvalue weighted by Gasteiger charge is -2.37. The summed E-state index contributed by atoms with van der Waals surface area (Å²) in [6.45, 7) is 10.3. The van der Waals surface area contributed by atoms with Crippen molar-refractivity contribution in [3.63, 3.8) is 0 Å². The number of hydrogen-bond donors (Lipinski definition) is 0. The number of rotatable bonds is 0. The smallest absolute Gasteiger partial charge is 0.0417 e. The van der Waals surface area contributed by atoms with Crippen LogP contribution in [0.25, 0.3) is 0 Å². The molecule has 1 fully saturated rings. The molecule has 0 unspecified atom stereocenters. The molecule has 0 aromatic heterocycles. The average molecular weight is 186 g/mol. The first-order chi connectivity index (χ1) is 4.41. The van der Waals surface area contributed by atoms with Gasteiger partial charge in [-0.2, -0.15) is 0 Å². The van der Waals surface area contributed by atoms with Crippen LogP contribution in [0, 0.1) is 0 Å². The predicted molar refractivity (Wildman–Crippen MR) is 55.1 cm³/mol. The Labute approximate surface area is 69.3 Å². The fourth-order valence-electron chi connectivity index (χ4n) is 2.16. The van der Waals surface area contributed by atoms with Crippen LogP contribution in [0.2, 0.25) is 43.2 Å². The molecule has 0 aromatic carbocycles. The second-order valence-corrected chi connectivity index (χ2v) is 18.5. The van der Waals surface area contributed by atoms with Gasteiger partial charge in [-0.1, -0.05) is 43.2 Å². The molecule has 0 amide bonds. The molecule has 1 aliphatic heterocycles. The summed E-state index contributed by atoms with van der Waals surface area (Å²) in [5, 5.41) is 0. The first-order valence-corrected chi connectivity index (χ1v) is 12.4. The first-order valence-electron chi connectivity index (χ1n) is 4.12. The third kappa shape index (κ3) is 2.36. The van der Waals surface area contributed by atoms with Crippen molar-refractivity contribution >= 4 is 25.7 Å². The third-order valence-electron chi connectivity index (χ3n) is 2.16. The van der Waals surface area contributed by atoms with Crippen molar-refractivity contribution in [1.29, 1.82) is 0 Å². The minimum absolute atomic E-state index is 0.652. The molecule has 0 aromatic rings. The highest BCUT2D eigenvalue weighted by Crippen LogP contribution is 2.30. The van der Waals surface area contributed by atoms with Gasteiger partial charge in [0.25, 0.3) is 0 Å². The Kier molecular flexibility index (Phi) is 2.28. The van der Waals surface area contributed by atoms with Crippen molar-refractivity contribution in [2.24, 2.45) is 0 Å². The summed E-state index contributed by atoms with van der Waals surface area (Å²) in [6.07, 6.45) is 0. The van der Waals surface area contributed by atoms with Crippen LogP contribution in [0.1, 0.15) is 0 Å². The van der Waals surface area contributed by atoms with Crippen LogP contribution in [-0.4, -0.2) is 25.7 Å². The highest BCUT2D eigenvalue weighted by molar-refractivity contribution is 7.04. The SMILES string of the molecule is C[Si]1(C)C[Si]C[Si](C)(C)C1. The molecule has 0 spiro atoms. The maximum absolute atomic E-state index is 2.58.